The van der Waals surface area contributed by atoms with Gasteiger partial charge in [-0.2, -0.15) is 0 Å². The van der Waals surface area contributed by atoms with Crippen LogP contribution in [0.2, 0.25) is 0 Å². The normalized spacial score (nSPS) is 12.2. The third-order valence-corrected chi connectivity index (χ3v) is 1.21. The quantitative estimate of drug-likeness (QED) is 0.223. The molecule has 1 rings (SSSR count). The summed E-state index contributed by atoms with van der Waals surface area (Å²) in [6.45, 7) is 1.56. The van der Waals surface area contributed by atoms with Gasteiger partial charge >= 0.3 is 0 Å². The summed E-state index contributed by atoms with van der Waals surface area (Å²) in [5.74, 6) is 0.235. The van der Waals surface area contributed by atoms with Crippen LogP contribution in [0.5, 0.6) is 0 Å². The van der Waals surface area contributed by atoms with Crippen LogP contribution in [-0.2, 0) is 0 Å². The number of amidine groups is 1. The van der Waals surface area contributed by atoms with Crippen molar-refractivity contribution in [1.29, 1.82) is 0 Å². The number of hydrogen-bond acceptors (Lipinski definition) is 3. The first kappa shape index (κ1) is 8.39. The maximum atomic E-state index is 8.25. The molecular weight excluding hydrogens is 154 g/mol. The molecule has 0 amide bonds. The van der Waals surface area contributed by atoms with Crippen LogP contribution in [-0.4, -0.2) is 11.0 Å². The number of oxime groups is 1. The second-order valence-electron chi connectivity index (χ2n) is 2.18. The topological polar surface area (TPSA) is 57.3 Å². The van der Waals surface area contributed by atoms with Gasteiger partial charge in [0.05, 0.1) is 5.69 Å². The van der Waals surface area contributed by atoms with Crippen molar-refractivity contribution in [3.63, 3.8) is 0 Å². The smallest absolute Gasteiger partial charge is 0.186 e. The molecule has 0 heterocycles. The first-order valence-corrected chi connectivity index (χ1v) is 3.48. The molecule has 62 valence electrons. The van der Waals surface area contributed by atoms with Crippen molar-refractivity contribution in [2.24, 2.45) is 15.4 Å². The Balaban J connectivity index is 2.70. The van der Waals surface area contributed by atoms with E-state index in [4.69, 9.17) is 5.21 Å². The molecule has 4 heteroatoms. The van der Waals surface area contributed by atoms with Gasteiger partial charge in [-0.1, -0.05) is 23.4 Å². The van der Waals surface area contributed by atoms with Crippen molar-refractivity contribution >= 4 is 11.5 Å². The molecule has 0 radical (unpaired) electrons. The van der Waals surface area contributed by atoms with Crippen LogP contribution in [0.15, 0.2) is 45.7 Å². The third kappa shape index (κ3) is 2.49. The molecule has 0 aliphatic carbocycles. The molecule has 0 aliphatic heterocycles. The predicted octanol–water partition coefficient (Wildman–Crippen LogP) is 2.58. The van der Waals surface area contributed by atoms with Gasteiger partial charge in [-0.05, 0) is 12.1 Å². The van der Waals surface area contributed by atoms with E-state index in [1.54, 1.807) is 6.92 Å². The van der Waals surface area contributed by atoms with Gasteiger partial charge in [-0.3, -0.25) is 0 Å². The average Bonchev–Trinajstić information content (AvgIpc) is 2.16. The highest BCUT2D eigenvalue weighted by Crippen LogP contribution is 2.09. The minimum atomic E-state index is 0.235. The standard InChI is InChI=1S/C8H9N3O/c1-7(11-12)9-10-8-5-3-2-4-6-8/h2-6,12H,1H3/b10-9+,11-7-. The third-order valence-electron chi connectivity index (χ3n) is 1.21. The fourth-order valence-corrected chi connectivity index (χ4v) is 0.645. The maximum absolute atomic E-state index is 8.25. The van der Waals surface area contributed by atoms with Crippen molar-refractivity contribution in [3.05, 3.63) is 30.3 Å². The molecule has 1 aromatic rings. The number of azo groups is 1. The van der Waals surface area contributed by atoms with Gasteiger partial charge in [-0.15, -0.1) is 10.2 Å². The van der Waals surface area contributed by atoms with E-state index in [9.17, 15) is 0 Å². The van der Waals surface area contributed by atoms with E-state index in [0.717, 1.165) is 5.69 Å². The van der Waals surface area contributed by atoms with Crippen LogP contribution in [0.4, 0.5) is 5.69 Å². The Bertz CT molecular complexity index is 292. The summed E-state index contributed by atoms with van der Waals surface area (Å²) in [6.07, 6.45) is 0. The number of benzene rings is 1. The van der Waals surface area contributed by atoms with Crippen LogP contribution in [0, 0.1) is 0 Å². The van der Waals surface area contributed by atoms with E-state index >= 15 is 0 Å². The SMILES string of the molecule is CC(=N/O)/N=N/c1ccccc1. The summed E-state index contributed by atoms with van der Waals surface area (Å²) in [4.78, 5) is 0. The minimum Gasteiger partial charge on any atom is -0.409 e. The van der Waals surface area contributed by atoms with Crippen molar-refractivity contribution in [2.75, 3.05) is 0 Å². The molecule has 0 fully saturated rings. The highest BCUT2D eigenvalue weighted by atomic mass is 16.4. The molecule has 0 saturated heterocycles. The number of nitrogens with zero attached hydrogens (tertiary/aromatic N) is 3. The zero-order chi connectivity index (χ0) is 8.81. The van der Waals surface area contributed by atoms with E-state index in [2.05, 4.69) is 15.4 Å². The van der Waals surface area contributed by atoms with Crippen molar-refractivity contribution in [3.8, 4) is 0 Å². The molecule has 1 aromatic carbocycles. The second kappa shape index (κ2) is 4.23. The lowest BCUT2D eigenvalue weighted by Crippen LogP contribution is -1.80. The lowest BCUT2D eigenvalue weighted by molar-refractivity contribution is 0.318. The van der Waals surface area contributed by atoms with Gasteiger partial charge in [0.15, 0.2) is 5.84 Å². The number of hydrogen-bond donors (Lipinski definition) is 1. The molecule has 0 unspecified atom stereocenters. The van der Waals surface area contributed by atoms with Crippen LogP contribution in [0.25, 0.3) is 0 Å². The molecule has 0 bridgehead atoms. The van der Waals surface area contributed by atoms with Crippen LogP contribution >= 0.6 is 0 Å². The zero-order valence-electron chi connectivity index (χ0n) is 6.68. The predicted molar refractivity (Wildman–Crippen MR) is 45.9 cm³/mol. The lowest BCUT2D eigenvalue weighted by atomic mass is 10.3. The molecule has 0 aliphatic rings. The Morgan fingerprint density at radius 2 is 1.92 bits per heavy atom. The van der Waals surface area contributed by atoms with E-state index < -0.39 is 0 Å². The van der Waals surface area contributed by atoms with Gasteiger partial charge in [-0.25, -0.2) is 0 Å². The Labute approximate surface area is 70.3 Å². The van der Waals surface area contributed by atoms with E-state index in [0.29, 0.717) is 0 Å². The van der Waals surface area contributed by atoms with Crippen molar-refractivity contribution in [1.82, 2.24) is 0 Å². The summed E-state index contributed by atoms with van der Waals surface area (Å²) in [5, 5.41) is 18.6. The molecule has 0 atom stereocenters. The average molecular weight is 163 g/mol. The molecular formula is C8H9N3O. The monoisotopic (exact) mass is 163 g/mol. The maximum Gasteiger partial charge on any atom is 0.186 e. The molecule has 1 N–H and O–H groups in total. The highest BCUT2D eigenvalue weighted by Gasteiger charge is 1.86. The van der Waals surface area contributed by atoms with Gasteiger partial charge < -0.3 is 5.21 Å². The van der Waals surface area contributed by atoms with Gasteiger partial charge in [0.2, 0.25) is 0 Å². The van der Waals surface area contributed by atoms with Crippen molar-refractivity contribution in [2.45, 2.75) is 6.92 Å². The fourth-order valence-electron chi connectivity index (χ4n) is 0.645. The first-order valence-electron chi connectivity index (χ1n) is 3.48. The zero-order valence-corrected chi connectivity index (χ0v) is 6.68. The Morgan fingerprint density at radius 1 is 1.25 bits per heavy atom. The van der Waals surface area contributed by atoms with Crippen molar-refractivity contribution < 1.29 is 5.21 Å². The van der Waals surface area contributed by atoms with E-state index in [1.165, 1.54) is 0 Å². The minimum absolute atomic E-state index is 0.235. The largest absolute Gasteiger partial charge is 0.409 e. The van der Waals surface area contributed by atoms with E-state index in [-0.39, 0.29) is 5.84 Å². The summed E-state index contributed by atoms with van der Waals surface area (Å²) >= 11 is 0. The Hall–Kier alpha value is -1.71. The molecule has 12 heavy (non-hydrogen) atoms. The van der Waals surface area contributed by atoms with Crippen LogP contribution in [0.3, 0.4) is 0 Å². The highest BCUT2D eigenvalue weighted by molar-refractivity contribution is 5.79. The Morgan fingerprint density at radius 3 is 2.50 bits per heavy atom. The molecule has 0 saturated carbocycles. The molecule has 4 nitrogen and oxygen atoms in total. The second-order valence-corrected chi connectivity index (χ2v) is 2.18. The number of rotatable bonds is 1. The van der Waals surface area contributed by atoms with Crippen LogP contribution in [0.1, 0.15) is 6.92 Å². The van der Waals surface area contributed by atoms with Gasteiger partial charge in [0, 0.05) is 6.92 Å². The van der Waals surface area contributed by atoms with Crippen LogP contribution < -0.4 is 0 Å². The lowest BCUT2D eigenvalue weighted by Gasteiger charge is -1.88. The molecule has 0 aromatic heterocycles. The first-order chi connectivity index (χ1) is 5.83. The van der Waals surface area contributed by atoms with E-state index in [1.807, 2.05) is 30.3 Å². The molecule has 0 spiro atoms. The fraction of sp³-hybridized carbons (Fsp3) is 0.125. The Kier molecular flexibility index (Phi) is 2.95. The van der Waals surface area contributed by atoms with Gasteiger partial charge in [0.1, 0.15) is 0 Å². The summed E-state index contributed by atoms with van der Waals surface area (Å²) in [6, 6.07) is 9.24. The van der Waals surface area contributed by atoms with Gasteiger partial charge in [0.25, 0.3) is 0 Å². The summed E-state index contributed by atoms with van der Waals surface area (Å²) in [5.41, 5.74) is 0.737. The summed E-state index contributed by atoms with van der Waals surface area (Å²) < 4.78 is 0. The summed E-state index contributed by atoms with van der Waals surface area (Å²) in [7, 11) is 0.